The maximum Gasteiger partial charge on any atom is 0.271 e. The zero-order valence-electron chi connectivity index (χ0n) is 12.6. The van der Waals surface area contributed by atoms with Crippen LogP contribution in [0.25, 0.3) is 0 Å². The molecule has 0 saturated carbocycles. The zero-order chi connectivity index (χ0) is 15.2. The molecule has 0 aliphatic carbocycles. The van der Waals surface area contributed by atoms with Crippen LogP contribution in [0.1, 0.15) is 28.9 Å². The predicted octanol–water partition coefficient (Wildman–Crippen LogP) is 2.27. The summed E-state index contributed by atoms with van der Waals surface area (Å²) in [6, 6.07) is 12.1. The summed E-state index contributed by atoms with van der Waals surface area (Å²) in [4.78, 5) is 14.0. The number of aromatic nitrogens is 2. The summed E-state index contributed by atoms with van der Waals surface area (Å²) in [5.41, 5.74) is 1.89. The van der Waals surface area contributed by atoms with Gasteiger partial charge in [-0.3, -0.25) is 9.89 Å². The van der Waals surface area contributed by atoms with Gasteiger partial charge < -0.3 is 9.64 Å². The highest BCUT2D eigenvalue weighted by molar-refractivity contribution is 5.92. The van der Waals surface area contributed by atoms with E-state index in [1.165, 1.54) is 5.56 Å². The maximum atomic E-state index is 12.2. The Morgan fingerprint density at radius 2 is 2.18 bits per heavy atom. The largest absolute Gasteiger partial charge is 0.376 e. The lowest BCUT2D eigenvalue weighted by molar-refractivity contribution is 0.0523. The fourth-order valence-corrected chi connectivity index (χ4v) is 2.77. The molecule has 1 fully saturated rings. The molecule has 116 valence electrons. The summed E-state index contributed by atoms with van der Waals surface area (Å²) in [6.45, 7) is 2.16. The molecule has 1 atom stereocenters. The van der Waals surface area contributed by atoms with Crippen molar-refractivity contribution in [2.45, 2.75) is 25.4 Å². The van der Waals surface area contributed by atoms with Gasteiger partial charge >= 0.3 is 0 Å². The van der Waals surface area contributed by atoms with E-state index < -0.39 is 0 Å². The molecule has 1 amide bonds. The summed E-state index contributed by atoms with van der Waals surface area (Å²) in [6.07, 6.45) is 4.70. The molecule has 1 aliphatic rings. The Bertz CT molecular complexity index is 583. The Hall–Kier alpha value is -2.14. The van der Waals surface area contributed by atoms with Crippen molar-refractivity contribution in [3.63, 3.8) is 0 Å². The molecule has 22 heavy (non-hydrogen) atoms. The van der Waals surface area contributed by atoms with Crippen molar-refractivity contribution in [2.24, 2.45) is 0 Å². The highest BCUT2D eigenvalue weighted by Gasteiger charge is 2.27. The lowest BCUT2D eigenvalue weighted by atomic mass is 10.1. The maximum absolute atomic E-state index is 12.2. The van der Waals surface area contributed by atoms with E-state index in [0.717, 1.165) is 32.4 Å². The molecule has 5 nitrogen and oxygen atoms in total. The van der Waals surface area contributed by atoms with Crippen LogP contribution < -0.4 is 0 Å². The van der Waals surface area contributed by atoms with Crippen molar-refractivity contribution in [1.29, 1.82) is 0 Å². The van der Waals surface area contributed by atoms with Crippen LogP contribution in [0.15, 0.2) is 42.6 Å². The highest BCUT2D eigenvalue weighted by Crippen LogP contribution is 2.15. The number of nitrogens with zero attached hydrogens (tertiary/aromatic N) is 2. The van der Waals surface area contributed by atoms with Gasteiger partial charge in [-0.25, -0.2) is 0 Å². The number of hydrogen-bond acceptors (Lipinski definition) is 3. The molecule has 3 rings (SSSR count). The molecule has 2 heterocycles. The van der Waals surface area contributed by atoms with Crippen LogP contribution in [-0.4, -0.2) is 46.8 Å². The standard InChI is InChI=1S/C17H21N3O2/c21-17(16-8-10-18-19-16)20-11-9-15(13-20)22-12-4-7-14-5-2-1-3-6-14/h1-3,5-6,8,10,15H,4,7,9,11-13H2,(H,18,19)/t15-/m1/s1. The van der Waals surface area contributed by atoms with E-state index >= 15 is 0 Å². The van der Waals surface area contributed by atoms with Gasteiger partial charge in [0, 0.05) is 25.9 Å². The quantitative estimate of drug-likeness (QED) is 0.833. The third-order valence-electron chi connectivity index (χ3n) is 3.97. The third-order valence-corrected chi connectivity index (χ3v) is 3.97. The Labute approximate surface area is 130 Å². The molecule has 1 aromatic carbocycles. The van der Waals surface area contributed by atoms with Crippen molar-refractivity contribution in [1.82, 2.24) is 15.1 Å². The van der Waals surface area contributed by atoms with Gasteiger partial charge in [-0.05, 0) is 30.9 Å². The van der Waals surface area contributed by atoms with Gasteiger partial charge in [0.25, 0.3) is 5.91 Å². The van der Waals surface area contributed by atoms with Crippen molar-refractivity contribution >= 4 is 5.91 Å². The summed E-state index contributed by atoms with van der Waals surface area (Å²) >= 11 is 0. The number of likely N-dealkylation sites (tertiary alicyclic amines) is 1. The van der Waals surface area contributed by atoms with Crippen LogP contribution in [0.4, 0.5) is 0 Å². The Balaban J connectivity index is 1.37. The molecular formula is C17H21N3O2. The summed E-state index contributed by atoms with van der Waals surface area (Å²) < 4.78 is 5.90. The molecule has 0 bridgehead atoms. The number of rotatable bonds is 6. The van der Waals surface area contributed by atoms with Crippen molar-refractivity contribution in [3.8, 4) is 0 Å². The minimum Gasteiger partial charge on any atom is -0.376 e. The molecular weight excluding hydrogens is 278 g/mol. The number of H-pyrrole nitrogens is 1. The second-order valence-corrected chi connectivity index (χ2v) is 5.59. The normalized spacial score (nSPS) is 17.8. The number of nitrogens with one attached hydrogen (secondary N) is 1. The number of ether oxygens (including phenoxy) is 1. The average molecular weight is 299 g/mol. The summed E-state index contributed by atoms with van der Waals surface area (Å²) in [7, 11) is 0. The second kappa shape index (κ2) is 7.22. The van der Waals surface area contributed by atoms with E-state index in [1.807, 2.05) is 11.0 Å². The smallest absolute Gasteiger partial charge is 0.271 e. The highest BCUT2D eigenvalue weighted by atomic mass is 16.5. The Morgan fingerprint density at radius 3 is 2.95 bits per heavy atom. The number of aromatic amines is 1. The second-order valence-electron chi connectivity index (χ2n) is 5.59. The number of carbonyl (C=O) groups excluding carboxylic acids is 1. The van der Waals surface area contributed by atoms with Gasteiger partial charge in [0.15, 0.2) is 0 Å². The van der Waals surface area contributed by atoms with Crippen LogP contribution in [0.5, 0.6) is 0 Å². The van der Waals surface area contributed by atoms with E-state index in [9.17, 15) is 4.79 Å². The summed E-state index contributed by atoms with van der Waals surface area (Å²) in [5.74, 6) is 0.00730. The van der Waals surface area contributed by atoms with Crippen LogP contribution in [0, 0.1) is 0 Å². The zero-order valence-corrected chi connectivity index (χ0v) is 12.6. The van der Waals surface area contributed by atoms with Crippen molar-refractivity contribution in [2.75, 3.05) is 19.7 Å². The first-order valence-corrected chi connectivity index (χ1v) is 7.77. The molecule has 0 unspecified atom stereocenters. The lowest BCUT2D eigenvalue weighted by Crippen LogP contribution is -2.30. The van der Waals surface area contributed by atoms with Gasteiger partial charge in [0.2, 0.25) is 0 Å². The van der Waals surface area contributed by atoms with E-state index in [-0.39, 0.29) is 12.0 Å². The number of carbonyl (C=O) groups is 1. The molecule has 0 radical (unpaired) electrons. The first-order chi connectivity index (χ1) is 10.8. The number of amides is 1. The molecule has 1 saturated heterocycles. The van der Waals surface area contributed by atoms with E-state index in [4.69, 9.17) is 4.74 Å². The van der Waals surface area contributed by atoms with E-state index in [2.05, 4.69) is 34.5 Å². The predicted molar refractivity (Wildman–Crippen MR) is 83.6 cm³/mol. The first kappa shape index (κ1) is 14.8. The van der Waals surface area contributed by atoms with Gasteiger partial charge in [0.1, 0.15) is 5.69 Å². The molecule has 5 heteroatoms. The molecule has 1 N–H and O–H groups in total. The van der Waals surface area contributed by atoms with Gasteiger partial charge in [-0.2, -0.15) is 5.10 Å². The van der Waals surface area contributed by atoms with Gasteiger partial charge in [-0.1, -0.05) is 30.3 Å². The van der Waals surface area contributed by atoms with Crippen LogP contribution in [-0.2, 0) is 11.2 Å². The molecule has 1 aliphatic heterocycles. The topological polar surface area (TPSA) is 58.2 Å². The number of hydrogen-bond donors (Lipinski definition) is 1. The average Bonchev–Trinajstić information content (AvgIpc) is 3.24. The monoisotopic (exact) mass is 299 g/mol. The third kappa shape index (κ3) is 3.74. The number of benzene rings is 1. The van der Waals surface area contributed by atoms with E-state index in [0.29, 0.717) is 12.2 Å². The Kier molecular flexibility index (Phi) is 4.85. The lowest BCUT2D eigenvalue weighted by Gasteiger charge is -2.15. The summed E-state index contributed by atoms with van der Waals surface area (Å²) in [5, 5.41) is 6.54. The van der Waals surface area contributed by atoms with E-state index in [1.54, 1.807) is 12.3 Å². The minimum absolute atomic E-state index is 0.00730. The van der Waals surface area contributed by atoms with Crippen LogP contribution >= 0.6 is 0 Å². The van der Waals surface area contributed by atoms with Crippen molar-refractivity contribution < 1.29 is 9.53 Å². The van der Waals surface area contributed by atoms with Crippen LogP contribution in [0.2, 0.25) is 0 Å². The van der Waals surface area contributed by atoms with Crippen LogP contribution in [0.3, 0.4) is 0 Å². The number of aryl methyl sites for hydroxylation is 1. The van der Waals surface area contributed by atoms with Crippen molar-refractivity contribution in [3.05, 3.63) is 53.9 Å². The fourth-order valence-electron chi connectivity index (χ4n) is 2.77. The first-order valence-electron chi connectivity index (χ1n) is 7.77. The molecule has 1 aromatic heterocycles. The SMILES string of the molecule is O=C(c1ccn[nH]1)N1CC[C@@H](OCCCc2ccccc2)C1. The molecule has 2 aromatic rings. The Morgan fingerprint density at radius 1 is 1.32 bits per heavy atom. The molecule has 0 spiro atoms. The minimum atomic E-state index is 0.00730. The fraction of sp³-hybridized carbons (Fsp3) is 0.412. The van der Waals surface area contributed by atoms with Gasteiger partial charge in [0.05, 0.1) is 6.10 Å². The van der Waals surface area contributed by atoms with Gasteiger partial charge in [-0.15, -0.1) is 0 Å².